The first kappa shape index (κ1) is 18.5. The lowest BCUT2D eigenvalue weighted by Gasteiger charge is -2.31. The number of hydrogen-bond acceptors (Lipinski definition) is 4. The summed E-state index contributed by atoms with van der Waals surface area (Å²) in [7, 11) is 1.73. The van der Waals surface area contributed by atoms with Crippen molar-refractivity contribution >= 4 is 17.2 Å². The normalized spacial score (nSPS) is 16.1. The maximum Gasteiger partial charge on any atom is 0.177 e. The van der Waals surface area contributed by atoms with Crippen LogP contribution in [0.2, 0.25) is 0 Å². The molecule has 1 unspecified atom stereocenters. The highest BCUT2D eigenvalue weighted by atomic mass is 16.5. The molecule has 0 N–H and O–H groups in total. The Morgan fingerprint density at radius 3 is 2.75 bits per heavy atom. The largest absolute Gasteiger partial charge is 0.496 e. The lowest BCUT2D eigenvalue weighted by molar-refractivity contribution is 0.158. The zero-order valence-electron chi connectivity index (χ0n) is 17.1. The molecule has 1 aliphatic heterocycles. The number of hydrogen-bond donors (Lipinski definition) is 0. The highest BCUT2D eigenvalue weighted by molar-refractivity contribution is 5.72. The molecule has 0 fully saturated rings. The molecule has 0 saturated heterocycles. The fourth-order valence-electron chi connectivity index (χ4n) is 3.89. The van der Waals surface area contributed by atoms with Crippen LogP contribution in [0.25, 0.3) is 17.2 Å². The van der Waals surface area contributed by atoms with Crippen molar-refractivity contribution in [3.05, 3.63) is 54.0 Å². The summed E-state index contributed by atoms with van der Waals surface area (Å²) in [5.74, 6) is 2.22. The smallest absolute Gasteiger partial charge is 0.177 e. The Hall–Kier alpha value is -2.82. The van der Waals surface area contributed by atoms with Gasteiger partial charge in [0.15, 0.2) is 5.65 Å². The predicted molar refractivity (Wildman–Crippen MR) is 112 cm³/mol. The minimum Gasteiger partial charge on any atom is -0.496 e. The molecule has 1 atom stereocenters. The van der Waals surface area contributed by atoms with Crippen molar-refractivity contribution in [2.45, 2.75) is 45.8 Å². The summed E-state index contributed by atoms with van der Waals surface area (Å²) in [6, 6.07) is 8.30. The Labute approximate surface area is 166 Å². The Morgan fingerprint density at radius 2 is 2.00 bits per heavy atom. The Morgan fingerprint density at radius 1 is 1.18 bits per heavy atom. The number of ether oxygens (including phenoxy) is 2. The van der Waals surface area contributed by atoms with E-state index >= 15 is 0 Å². The van der Waals surface area contributed by atoms with Crippen LogP contribution in [0.5, 0.6) is 11.5 Å². The predicted octanol–water partition coefficient (Wildman–Crippen LogP) is 5.26. The van der Waals surface area contributed by atoms with E-state index in [0.29, 0.717) is 5.92 Å². The maximum absolute atomic E-state index is 6.14. The Balaban J connectivity index is 1.88. The molecule has 5 heteroatoms. The third kappa shape index (κ3) is 3.26. The van der Waals surface area contributed by atoms with Crippen LogP contribution >= 0.6 is 0 Å². The highest BCUT2D eigenvalue weighted by Crippen LogP contribution is 2.43. The summed E-state index contributed by atoms with van der Waals surface area (Å²) in [5.41, 5.74) is 3.60. The van der Waals surface area contributed by atoms with E-state index in [1.54, 1.807) is 13.3 Å². The van der Waals surface area contributed by atoms with Gasteiger partial charge in [0.05, 0.1) is 30.6 Å². The number of methoxy groups -OCH3 is 1. The summed E-state index contributed by atoms with van der Waals surface area (Å²) in [4.78, 5) is 8.90. The lowest BCUT2D eigenvalue weighted by Crippen LogP contribution is -2.27. The zero-order chi connectivity index (χ0) is 19.9. The molecule has 2 aromatic heterocycles. The maximum atomic E-state index is 6.14. The van der Waals surface area contributed by atoms with Crippen LogP contribution in [0.4, 0.5) is 0 Å². The molecule has 3 aromatic rings. The molecular formula is C23H27N3O2. The van der Waals surface area contributed by atoms with Gasteiger partial charge in [0, 0.05) is 11.8 Å². The third-order valence-electron chi connectivity index (χ3n) is 5.15. The minimum atomic E-state index is -0.316. The highest BCUT2D eigenvalue weighted by Gasteiger charge is 2.28. The van der Waals surface area contributed by atoms with Crippen LogP contribution in [0.1, 0.15) is 51.3 Å². The topological polar surface area (TPSA) is 49.2 Å². The summed E-state index contributed by atoms with van der Waals surface area (Å²) in [5, 5.41) is 0. The summed E-state index contributed by atoms with van der Waals surface area (Å²) in [6.07, 6.45) is 8.82. The molecule has 0 amide bonds. The van der Waals surface area contributed by atoms with Gasteiger partial charge >= 0.3 is 0 Å². The Bertz CT molecular complexity index is 1030. The quantitative estimate of drug-likeness (QED) is 0.608. The number of rotatable bonds is 5. The van der Waals surface area contributed by atoms with Gasteiger partial charge in [-0.05, 0) is 62.6 Å². The number of nitrogens with zero attached hydrogens (tertiary/aromatic N) is 3. The van der Waals surface area contributed by atoms with Gasteiger partial charge in [-0.25, -0.2) is 9.97 Å². The van der Waals surface area contributed by atoms with Gasteiger partial charge in [0.1, 0.15) is 17.1 Å². The van der Waals surface area contributed by atoms with Crippen molar-refractivity contribution in [2.24, 2.45) is 5.92 Å². The van der Waals surface area contributed by atoms with E-state index in [1.807, 2.05) is 12.4 Å². The van der Waals surface area contributed by atoms with Gasteiger partial charge in [0.25, 0.3) is 0 Å². The van der Waals surface area contributed by atoms with Gasteiger partial charge in [-0.3, -0.25) is 0 Å². The molecule has 5 nitrogen and oxygen atoms in total. The molecule has 28 heavy (non-hydrogen) atoms. The van der Waals surface area contributed by atoms with Gasteiger partial charge < -0.3 is 14.0 Å². The molecule has 1 aliphatic rings. The van der Waals surface area contributed by atoms with E-state index < -0.39 is 0 Å². The molecule has 3 heterocycles. The first-order valence-electron chi connectivity index (χ1n) is 9.76. The van der Waals surface area contributed by atoms with Crippen LogP contribution in [0, 0.1) is 5.92 Å². The van der Waals surface area contributed by atoms with Crippen LogP contribution in [-0.4, -0.2) is 27.2 Å². The number of benzene rings is 1. The summed E-state index contributed by atoms with van der Waals surface area (Å²) >= 11 is 0. The molecule has 1 aromatic carbocycles. The van der Waals surface area contributed by atoms with Crippen LogP contribution in [-0.2, 0) is 0 Å². The van der Waals surface area contributed by atoms with Crippen molar-refractivity contribution in [1.82, 2.24) is 14.5 Å². The van der Waals surface area contributed by atoms with Crippen LogP contribution in [0.15, 0.2) is 42.9 Å². The van der Waals surface area contributed by atoms with Crippen molar-refractivity contribution in [3.63, 3.8) is 0 Å². The first-order chi connectivity index (χ1) is 13.4. The molecule has 4 rings (SSSR count). The van der Waals surface area contributed by atoms with Crippen molar-refractivity contribution < 1.29 is 9.47 Å². The molecule has 0 bridgehead atoms. The van der Waals surface area contributed by atoms with Gasteiger partial charge in [0.2, 0.25) is 0 Å². The van der Waals surface area contributed by atoms with Crippen LogP contribution in [0.3, 0.4) is 0 Å². The van der Waals surface area contributed by atoms with Crippen molar-refractivity contribution in [3.8, 4) is 11.5 Å². The third-order valence-corrected chi connectivity index (χ3v) is 5.15. The molecule has 146 valence electrons. The van der Waals surface area contributed by atoms with E-state index in [0.717, 1.165) is 40.2 Å². The van der Waals surface area contributed by atoms with E-state index in [9.17, 15) is 0 Å². The number of imidazole rings is 1. The SMILES string of the molecule is COc1c(C(CC(C)C)n2cnc3ncccc32)ccc2c1C=CC(C)(C)O2. The monoisotopic (exact) mass is 377 g/mol. The summed E-state index contributed by atoms with van der Waals surface area (Å²) < 4.78 is 14.3. The van der Waals surface area contributed by atoms with E-state index in [1.165, 1.54) is 0 Å². The van der Waals surface area contributed by atoms with Gasteiger partial charge in [-0.15, -0.1) is 0 Å². The summed E-state index contributed by atoms with van der Waals surface area (Å²) in [6.45, 7) is 8.58. The fourth-order valence-corrected chi connectivity index (χ4v) is 3.89. The molecular weight excluding hydrogens is 350 g/mol. The molecule has 0 radical (unpaired) electrons. The van der Waals surface area contributed by atoms with Crippen molar-refractivity contribution in [1.29, 1.82) is 0 Å². The Kier molecular flexibility index (Phi) is 4.61. The van der Waals surface area contributed by atoms with E-state index in [4.69, 9.17) is 9.47 Å². The fraction of sp³-hybridized carbons (Fsp3) is 0.391. The van der Waals surface area contributed by atoms with Crippen molar-refractivity contribution in [2.75, 3.05) is 7.11 Å². The number of fused-ring (bicyclic) bond motifs is 2. The molecule has 0 spiro atoms. The van der Waals surface area contributed by atoms with E-state index in [-0.39, 0.29) is 11.6 Å². The van der Waals surface area contributed by atoms with Gasteiger partial charge in [-0.2, -0.15) is 0 Å². The van der Waals surface area contributed by atoms with E-state index in [2.05, 4.69) is 72.6 Å². The first-order valence-corrected chi connectivity index (χ1v) is 9.76. The standard InChI is InChI=1S/C23H27N3O2/c1-15(2)13-19(26-14-25-22-18(26)7-6-12-24-22)16-8-9-20-17(21(16)27-5)10-11-23(3,4)28-20/h6-12,14-15,19H,13H2,1-5H3. The van der Waals surface area contributed by atoms with Gasteiger partial charge in [-0.1, -0.05) is 13.8 Å². The minimum absolute atomic E-state index is 0.0952. The average molecular weight is 377 g/mol. The second kappa shape index (κ2) is 6.97. The molecule has 0 saturated carbocycles. The second-order valence-corrected chi connectivity index (χ2v) is 8.28. The second-order valence-electron chi connectivity index (χ2n) is 8.28. The number of pyridine rings is 1. The lowest BCUT2D eigenvalue weighted by atomic mass is 9.92. The average Bonchev–Trinajstić information content (AvgIpc) is 3.08. The zero-order valence-corrected chi connectivity index (χ0v) is 17.1. The molecule has 0 aliphatic carbocycles. The van der Waals surface area contributed by atoms with Crippen LogP contribution < -0.4 is 9.47 Å². The number of aromatic nitrogens is 3.